The van der Waals surface area contributed by atoms with Crippen LogP contribution in [0.2, 0.25) is 0 Å². The normalized spacial score (nSPS) is 16.6. The van der Waals surface area contributed by atoms with Gasteiger partial charge in [0.25, 0.3) is 0 Å². The molecule has 0 aromatic heterocycles. The van der Waals surface area contributed by atoms with Crippen molar-refractivity contribution in [3.63, 3.8) is 0 Å². The number of methoxy groups -OCH3 is 1. The van der Waals surface area contributed by atoms with E-state index in [1.807, 2.05) is 0 Å². The van der Waals surface area contributed by atoms with Gasteiger partial charge in [-0.3, -0.25) is 14.5 Å². The Balaban J connectivity index is 2.03. The summed E-state index contributed by atoms with van der Waals surface area (Å²) in [6.07, 6.45) is 2.26. The van der Waals surface area contributed by atoms with Crippen LogP contribution in [-0.2, 0) is 14.3 Å². The number of carbonyl (C=O) groups is 2. The molecule has 6 heteroatoms. The summed E-state index contributed by atoms with van der Waals surface area (Å²) in [5, 5.41) is 2.86. The summed E-state index contributed by atoms with van der Waals surface area (Å²) in [5.74, 6) is 0.0870. The Labute approximate surface area is 108 Å². The number of hydrogen-bond donors (Lipinski definition) is 1. The first kappa shape index (κ1) is 14.9. The Kier molecular flexibility index (Phi) is 7.36. The fraction of sp³-hybridized carbons (Fsp3) is 0.833. The Hall–Kier alpha value is -1.14. The van der Waals surface area contributed by atoms with E-state index in [2.05, 4.69) is 10.2 Å². The second kappa shape index (κ2) is 8.88. The maximum absolute atomic E-state index is 11.5. The fourth-order valence-electron chi connectivity index (χ4n) is 1.88. The van der Waals surface area contributed by atoms with Crippen LogP contribution < -0.4 is 5.32 Å². The largest absolute Gasteiger partial charge is 0.385 e. The molecule has 18 heavy (non-hydrogen) atoms. The second-order valence-electron chi connectivity index (χ2n) is 4.43. The zero-order chi connectivity index (χ0) is 13.2. The van der Waals surface area contributed by atoms with E-state index in [1.165, 1.54) is 0 Å². The van der Waals surface area contributed by atoms with Gasteiger partial charge in [-0.25, -0.2) is 0 Å². The van der Waals surface area contributed by atoms with Gasteiger partial charge >= 0.3 is 0 Å². The van der Waals surface area contributed by atoms with Crippen molar-refractivity contribution in [2.24, 2.45) is 0 Å². The Morgan fingerprint density at radius 3 is 2.67 bits per heavy atom. The monoisotopic (exact) mass is 257 g/mol. The Bertz CT molecular complexity index is 253. The molecule has 1 aliphatic heterocycles. The molecular weight excluding hydrogens is 234 g/mol. The molecule has 0 aromatic rings. The summed E-state index contributed by atoms with van der Waals surface area (Å²) in [6, 6.07) is 0. The molecule has 2 amide bonds. The molecule has 1 rings (SSSR count). The van der Waals surface area contributed by atoms with Crippen LogP contribution in [-0.4, -0.2) is 75.1 Å². The number of ether oxygens (including phenoxy) is 1. The van der Waals surface area contributed by atoms with Crippen molar-refractivity contribution < 1.29 is 14.3 Å². The lowest BCUT2D eigenvalue weighted by atomic mass is 10.3. The van der Waals surface area contributed by atoms with Crippen LogP contribution >= 0.6 is 0 Å². The third-order valence-electron chi connectivity index (χ3n) is 3.06. The molecular formula is C12H23N3O3. The van der Waals surface area contributed by atoms with Crippen molar-refractivity contribution in [3.8, 4) is 0 Å². The van der Waals surface area contributed by atoms with Crippen LogP contribution in [0.1, 0.15) is 12.8 Å². The molecule has 1 heterocycles. The smallest absolute Gasteiger partial charge is 0.221 e. The van der Waals surface area contributed by atoms with E-state index in [-0.39, 0.29) is 5.91 Å². The van der Waals surface area contributed by atoms with Crippen molar-refractivity contribution in [2.75, 3.05) is 53.0 Å². The van der Waals surface area contributed by atoms with E-state index >= 15 is 0 Å². The Morgan fingerprint density at radius 1 is 1.33 bits per heavy atom. The minimum absolute atomic E-state index is 0.0870. The summed E-state index contributed by atoms with van der Waals surface area (Å²) >= 11 is 0. The van der Waals surface area contributed by atoms with E-state index in [1.54, 1.807) is 12.0 Å². The molecule has 1 aliphatic rings. The fourth-order valence-corrected chi connectivity index (χ4v) is 1.88. The van der Waals surface area contributed by atoms with Crippen molar-refractivity contribution in [3.05, 3.63) is 0 Å². The lowest BCUT2D eigenvalue weighted by Gasteiger charge is -2.32. The standard InChI is InChI=1S/C12H23N3O3/c1-18-10-2-4-13-12(17)3-5-14-6-8-15(11-16)9-7-14/h11H,2-10H2,1H3,(H,13,17). The van der Waals surface area contributed by atoms with Gasteiger partial charge in [-0.05, 0) is 6.42 Å². The van der Waals surface area contributed by atoms with E-state index < -0.39 is 0 Å². The molecule has 0 aliphatic carbocycles. The maximum Gasteiger partial charge on any atom is 0.221 e. The van der Waals surface area contributed by atoms with Gasteiger partial charge in [0, 0.05) is 59.4 Å². The van der Waals surface area contributed by atoms with Gasteiger partial charge < -0.3 is 15.0 Å². The average molecular weight is 257 g/mol. The van der Waals surface area contributed by atoms with Crippen LogP contribution in [0.3, 0.4) is 0 Å². The zero-order valence-corrected chi connectivity index (χ0v) is 11.1. The average Bonchev–Trinajstić information content (AvgIpc) is 2.42. The molecule has 104 valence electrons. The summed E-state index contributed by atoms with van der Waals surface area (Å²) in [4.78, 5) is 26.0. The SMILES string of the molecule is COCCCNC(=O)CCN1CCN(C=O)CC1. The van der Waals surface area contributed by atoms with Gasteiger partial charge in [0.05, 0.1) is 0 Å². The van der Waals surface area contributed by atoms with E-state index in [4.69, 9.17) is 4.74 Å². The lowest BCUT2D eigenvalue weighted by Crippen LogP contribution is -2.46. The summed E-state index contributed by atoms with van der Waals surface area (Å²) < 4.78 is 4.91. The first-order valence-corrected chi connectivity index (χ1v) is 6.43. The van der Waals surface area contributed by atoms with Gasteiger partial charge in [0.2, 0.25) is 12.3 Å². The quantitative estimate of drug-likeness (QED) is 0.461. The molecule has 0 radical (unpaired) electrons. The molecule has 0 spiro atoms. The number of hydrogen-bond acceptors (Lipinski definition) is 4. The first-order valence-electron chi connectivity index (χ1n) is 6.43. The molecule has 0 unspecified atom stereocenters. The predicted molar refractivity (Wildman–Crippen MR) is 68.2 cm³/mol. The van der Waals surface area contributed by atoms with E-state index in [0.717, 1.165) is 45.6 Å². The third-order valence-corrected chi connectivity index (χ3v) is 3.06. The van der Waals surface area contributed by atoms with E-state index in [0.29, 0.717) is 19.6 Å². The van der Waals surface area contributed by atoms with Gasteiger partial charge in [-0.1, -0.05) is 0 Å². The molecule has 0 aromatic carbocycles. The minimum atomic E-state index is 0.0870. The number of nitrogens with zero attached hydrogens (tertiary/aromatic N) is 2. The molecule has 1 N–H and O–H groups in total. The highest BCUT2D eigenvalue weighted by atomic mass is 16.5. The lowest BCUT2D eigenvalue weighted by molar-refractivity contribution is -0.122. The third kappa shape index (κ3) is 5.97. The van der Waals surface area contributed by atoms with Gasteiger partial charge in [0.15, 0.2) is 0 Å². The first-order chi connectivity index (χ1) is 8.76. The minimum Gasteiger partial charge on any atom is -0.385 e. The number of carbonyl (C=O) groups excluding carboxylic acids is 2. The zero-order valence-electron chi connectivity index (χ0n) is 11.1. The van der Waals surface area contributed by atoms with E-state index in [9.17, 15) is 9.59 Å². The van der Waals surface area contributed by atoms with Crippen molar-refractivity contribution >= 4 is 12.3 Å². The van der Waals surface area contributed by atoms with Crippen molar-refractivity contribution in [1.82, 2.24) is 15.1 Å². The van der Waals surface area contributed by atoms with Gasteiger partial charge in [-0.15, -0.1) is 0 Å². The molecule has 6 nitrogen and oxygen atoms in total. The van der Waals surface area contributed by atoms with Gasteiger partial charge in [0.1, 0.15) is 0 Å². The maximum atomic E-state index is 11.5. The Morgan fingerprint density at radius 2 is 2.06 bits per heavy atom. The number of amides is 2. The molecule has 0 saturated carbocycles. The summed E-state index contributed by atoms with van der Waals surface area (Å²) in [5.41, 5.74) is 0. The predicted octanol–water partition coefficient (Wildman–Crippen LogP) is -0.697. The van der Waals surface area contributed by atoms with Crippen molar-refractivity contribution in [2.45, 2.75) is 12.8 Å². The molecule has 1 saturated heterocycles. The molecule has 0 bridgehead atoms. The van der Waals surface area contributed by atoms with Crippen LogP contribution in [0.4, 0.5) is 0 Å². The molecule has 1 fully saturated rings. The van der Waals surface area contributed by atoms with Crippen LogP contribution in [0.25, 0.3) is 0 Å². The molecule has 0 atom stereocenters. The number of nitrogens with one attached hydrogen (secondary N) is 1. The number of piperazine rings is 1. The highest BCUT2D eigenvalue weighted by Gasteiger charge is 2.15. The second-order valence-corrected chi connectivity index (χ2v) is 4.43. The summed E-state index contributed by atoms with van der Waals surface area (Å²) in [6.45, 7) is 5.35. The highest BCUT2D eigenvalue weighted by molar-refractivity contribution is 5.76. The van der Waals surface area contributed by atoms with Crippen LogP contribution in [0, 0.1) is 0 Å². The van der Waals surface area contributed by atoms with Crippen LogP contribution in [0.5, 0.6) is 0 Å². The van der Waals surface area contributed by atoms with Crippen molar-refractivity contribution in [1.29, 1.82) is 0 Å². The summed E-state index contributed by atoms with van der Waals surface area (Å²) in [7, 11) is 1.65. The number of rotatable bonds is 8. The van der Waals surface area contributed by atoms with Gasteiger partial charge in [-0.2, -0.15) is 0 Å². The van der Waals surface area contributed by atoms with Crippen LogP contribution in [0.15, 0.2) is 0 Å². The highest BCUT2D eigenvalue weighted by Crippen LogP contribution is 2.00. The topological polar surface area (TPSA) is 61.9 Å².